The quantitative estimate of drug-likeness (QED) is 0.850. The van der Waals surface area contributed by atoms with E-state index in [1.807, 2.05) is 6.07 Å². The third-order valence-electron chi connectivity index (χ3n) is 5.41. The van der Waals surface area contributed by atoms with E-state index in [9.17, 15) is 0 Å². The first-order valence-electron chi connectivity index (χ1n) is 8.70. The molecule has 3 atom stereocenters. The predicted molar refractivity (Wildman–Crippen MR) is 88.4 cm³/mol. The molecule has 0 spiro atoms. The summed E-state index contributed by atoms with van der Waals surface area (Å²) < 4.78 is 11.9. The van der Waals surface area contributed by atoms with Gasteiger partial charge in [0.15, 0.2) is 0 Å². The second kappa shape index (κ2) is 5.72. The average Bonchev–Trinajstić information content (AvgIpc) is 2.99. The average molecular weight is 330 g/mol. The molecule has 1 saturated carbocycles. The molecule has 0 unspecified atom stereocenters. The van der Waals surface area contributed by atoms with Gasteiger partial charge < -0.3 is 9.15 Å². The lowest BCUT2D eigenvalue weighted by molar-refractivity contribution is -0.0108. The topological polar surface area (TPSA) is 38.5 Å². The van der Waals surface area contributed by atoms with Crippen molar-refractivity contribution >= 4 is 11.3 Å². The molecule has 2 aromatic heterocycles. The van der Waals surface area contributed by atoms with Gasteiger partial charge in [0, 0.05) is 17.8 Å². The van der Waals surface area contributed by atoms with Gasteiger partial charge in [0.1, 0.15) is 16.9 Å². The van der Waals surface area contributed by atoms with Gasteiger partial charge in [0.25, 0.3) is 0 Å². The number of nitrogens with zero attached hydrogens (tertiary/aromatic N) is 2. The van der Waals surface area contributed by atoms with Gasteiger partial charge in [-0.05, 0) is 50.3 Å². The molecule has 4 heterocycles. The van der Waals surface area contributed by atoms with E-state index in [1.165, 1.54) is 30.0 Å². The molecular formula is C18H22N2O2S. The van der Waals surface area contributed by atoms with Crippen LogP contribution in [0, 0.1) is 5.92 Å². The second-order valence-electron chi connectivity index (χ2n) is 7.15. The van der Waals surface area contributed by atoms with Crippen molar-refractivity contribution in [1.29, 1.82) is 0 Å². The zero-order valence-electron chi connectivity index (χ0n) is 13.2. The first-order chi connectivity index (χ1) is 11.3. The second-order valence-corrected chi connectivity index (χ2v) is 8.04. The van der Waals surface area contributed by atoms with Crippen LogP contribution in [0.1, 0.15) is 54.2 Å². The van der Waals surface area contributed by atoms with Crippen LogP contribution >= 0.6 is 11.3 Å². The molecule has 3 fully saturated rings. The zero-order valence-corrected chi connectivity index (χ0v) is 14.0. The Morgan fingerprint density at radius 2 is 2.26 bits per heavy atom. The minimum atomic E-state index is 0.228. The molecule has 23 heavy (non-hydrogen) atoms. The Bertz CT molecular complexity index is 664. The maximum absolute atomic E-state index is 6.39. The van der Waals surface area contributed by atoms with E-state index in [2.05, 4.69) is 16.3 Å². The Hall–Kier alpha value is -1.17. The van der Waals surface area contributed by atoms with Gasteiger partial charge in [0.05, 0.1) is 24.6 Å². The summed E-state index contributed by atoms with van der Waals surface area (Å²) in [6, 6.07) is 4.02. The predicted octanol–water partition coefficient (Wildman–Crippen LogP) is 3.97. The number of likely N-dealkylation sites (tertiary alicyclic amines) is 1. The van der Waals surface area contributed by atoms with E-state index in [0.29, 0.717) is 12.0 Å². The molecule has 3 aliphatic rings. The first kappa shape index (κ1) is 14.2. The molecule has 2 aliphatic heterocycles. The third kappa shape index (κ3) is 2.86. The number of thiazole rings is 1. The fraction of sp³-hybridized carbons (Fsp3) is 0.611. The minimum absolute atomic E-state index is 0.228. The van der Waals surface area contributed by atoms with Crippen LogP contribution in [0.5, 0.6) is 0 Å². The number of hydrogen-bond donors (Lipinski definition) is 0. The highest BCUT2D eigenvalue weighted by Gasteiger charge is 2.41. The molecule has 2 aromatic rings. The van der Waals surface area contributed by atoms with E-state index in [1.54, 1.807) is 17.6 Å². The lowest BCUT2D eigenvalue weighted by Crippen LogP contribution is -2.41. The summed E-state index contributed by atoms with van der Waals surface area (Å²) in [5.74, 6) is 2.49. The van der Waals surface area contributed by atoms with E-state index in [4.69, 9.17) is 14.1 Å². The number of hydrogen-bond acceptors (Lipinski definition) is 5. The lowest BCUT2D eigenvalue weighted by Gasteiger charge is -2.33. The van der Waals surface area contributed by atoms with Gasteiger partial charge in [-0.25, -0.2) is 4.98 Å². The van der Waals surface area contributed by atoms with Gasteiger partial charge in [-0.15, -0.1) is 11.3 Å². The van der Waals surface area contributed by atoms with Gasteiger partial charge in [-0.1, -0.05) is 0 Å². The van der Waals surface area contributed by atoms with Crippen LogP contribution in [0.25, 0.3) is 0 Å². The van der Waals surface area contributed by atoms with Crippen molar-refractivity contribution in [2.24, 2.45) is 5.92 Å². The molecule has 122 valence electrons. The summed E-state index contributed by atoms with van der Waals surface area (Å²) in [6.07, 6.45) is 7.36. The van der Waals surface area contributed by atoms with E-state index in [0.717, 1.165) is 37.7 Å². The standard InChI is InChI=1S/C18H22N2O2S/c1-2-14(21-7-1)9-20-6-5-13-8-16(22-17(13)10-20)18-19-15(11-23-18)12-3-4-12/h1-2,7,11-13,16-17H,3-6,8-10H2/t13-,16-,17+/m1/s1. The normalized spacial score (nSPS) is 31.4. The van der Waals surface area contributed by atoms with Crippen LogP contribution in [0.15, 0.2) is 28.2 Å². The van der Waals surface area contributed by atoms with Crippen molar-refractivity contribution in [3.63, 3.8) is 0 Å². The largest absolute Gasteiger partial charge is 0.468 e. The summed E-state index contributed by atoms with van der Waals surface area (Å²) in [7, 11) is 0. The molecule has 2 saturated heterocycles. The molecule has 0 radical (unpaired) electrons. The molecule has 0 aromatic carbocycles. The van der Waals surface area contributed by atoms with Crippen molar-refractivity contribution in [3.8, 4) is 0 Å². The Kier molecular flexibility index (Phi) is 3.53. The number of piperidine rings is 1. The Labute approximate surface area is 140 Å². The zero-order chi connectivity index (χ0) is 15.2. The highest BCUT2D eigenvalue weighted by molar-refractivity contribution is 7.09. The van der Waals surface area contributed by atoms with E-state index >= 15 is 0 Å². The molecule has 0 N–H and O–H groups in total. The van der Waals surface area contributed by atoms with Gasteiger partial charge in [0.2, 0.25) is 0 Å². The fourth-order valence-corrected chi connectivity index (χ4v) is 4.88. The summed E-state index contributed by atoms with van der Waals surface area (Å²) in [6.45, 7) is 3.05. The Morgan fingerprint density at radius 1 is 1.30 bits per heavy atom. The summed E-state index contributed by atoms with van der Waals surface area (Å²) in [4.78, 5) is 7.32. The Morgan fingerprint density at radius 3 is 3.09 bits per heavy atom. The van der Waals surface area contributed by atoms with Crippen LogP contribution in [0.4, 0.5) is 0 Å². The minimum Gasteiger partial charge on any atom is -0.468 e. The van der Waals surface area contributed by atoms with Crippen LogP contribution in [0.2, 0.25) is 0 Å². The van der Waals surface area contributed by atoms with Crippen molar-refractivity contribution in [1.82, 2.24) is 9.88 Å². The maximum Gasteiger partial charge on any atom is 0.122 e. The van der Waals surface area contributed by atoms with Crippen molar-refractivity contribution < 1.29 is 9.15 Å². The van der Waals surface area contributed by atoms with Gasteiger partial charge in [-0.3, -0.25) is 4.90 Å². The molecule has 1 aliphatic carbocycles. The van der Waals surface area contributed by atoms with E-state index in [-0.39, 0.29) is 6.10 Å². The highest BCUT2D eigenvalue weighted by atomic mass is 32.1. The van der Waals surface area contributed by atoms with Crippen LogP contribution < -0.4 is 0 Å². The summed E-state index contributed by atoms with van der Waals surface area (Å²) >= 11 is 1.80. The molecule has 5 heteroatoms. The number of aromatic nitrogens is 1. The van der Waals surface area contributed by atoms with Crippen molar-refractivity contribution in [2.45, 2.75) is 50.4 Å². The highest BCUT2D eigenvalue weighted by Crippen LogP contribution is 2.45. The summed E-state index contributed by atoms with van der Waals surface area (Å²) in [5, 5.41) is 3.46. The molecule has 4 nitrogen and oxygen atoms in total. The van der Waals surface area contributed by atoms with Crippen LogP contribution in [-0.4, -0.2) is 29.1 Å². The van der Waals surface area contributed by atoms with E-state index < -0.39 is 0 Å². The smallest absolute Gasteiger partial charge is 0.122 e. The van der Waals surface area contributed by atoms with Crippen molar-refractivity contribution in [3.05, 3.63) is 40.2 Å². The maximum atomic E-state index is 6.39. The van der Waals surface area contributed by atoms with Crippen LogP contribution in [-0.2, 0) is 11.3 Å². The fourth-order valence-electron chi connectivity index (χ4n) is 3.94. The third-order valence-corrected chi connectivity index (χ3v) is 6.36. The first-order valence-corrected chi connectivity index (χ1v) is 9.58. The molecule has 0 amide bonds. The van der Waals surface area contributed by atoms with Gasteiger partial charge in [-0.2, -0.15) is 0 Å². The molecule has 5 rings (SSSR count). The molecule has 0 bridgehead atoms. The number of rotatable bonds is 4. The number of fused-ring (bicyclic) bond motifs is 1. The lowest BCUT2D eigenvalue weighted by atomic mass is 9.92. The Balaban J connectivity index is 1.23. The van der Waals surface area contributed by atoms with Crippen LogP contribution in [0.3, 0.4) is 0 Å². The number of furan rings is 1. The SMILES string of the molecule is c1coc(CN2CC[C@@H]3C[C@H](c4nc(C5CC5)cs4)O[C@H]3C2)c1. The number of ether oxygens (including phenoxy) is 1. The van der Waals surface area contributed by atoms with Gasteiger partial charge >= 0.3 is 0 Å². The monoisotopic (exact) mass is 330 g/mol. The van der Waals surface area contributed by atoms with Crippen molar-refractivity contribution in [2.75, 3.05) is 13.1 Å². The summed E-state index contributed by atoms with van der Waals surface area (Å²) in [5.41, 5.74) is 1.31. The molecular weight excluding hydrogens is 308 g/mol.